The molecule has 2 aromatic rings. The van der Waals surface area contributed by atoms with Crippen LogP contribution in [0.25, 0.3) is 0 Å². The van der Waals surface area contributed by atoms with Crippen molar-refractivity contribution in [2.24, 2.45) is 0 Å². The average molecular weight is 487 g/mol. The molecule has 0 aliphatic heterocycles. The second kappa shape index (κ2) is 15.1. The van der Waals surface area contributed by atoms with Gasteiger partial charge < -0.3 is 33.2 Å². The van der Waals surface area contributed by atoms with E-state index in [0.29, 0.717) is 52.8 Å². The second-order valence-electron chi connectivity index (χ2n) is 6.80. The molecule has 2 rings (SSSR count). The molecule has 0 N–H and O–H groups in total. The molecule has 0 amide bonds. The van der Waals surface area contributed by atoms with Crippen LogP contribution in [-0.4, -0.2) is 52.6 Å². The molecule has 0 saturated carbocycles. The Morgan fingerprint density at radius 1 is 0.794 bits per heavy atom. The van der Waals surface area contributed by atoms with E-state index in [1.165, 1.54) is 21.3 Å². The average Bonchev–Trinajstić information content (AvgIpc) is 2.79. The van der Waals surface area contributed by atoms with Crippen LogP contribution < -0.4 is 47.8 Å². The van der Waals surface area contributed by atoms with E-state index < -0.39 is 12.6 Å². The summed E-state index contributed by atoms with van der Waals surface area (Å²) in [5.74, 6) is 2.34. The van der Waals surface area contributed by atoms with Crippen LogP contribution in [0.1, 0.15) is 38.1 Å². The topological polar surface area (TPSA) is 81.7 Å². The van der Waals surface area contributed by atoms with Crippen molar-refractivity contribution >= 4 is 19.4 Å². The molecule has 0 aliphatic rings. The normalized spacial score (nSPS) is 12.6. The number of ether oxygens (including phenoxy) is 7. The Morgan fingerprint density at radius 3 is 1.82 bits per heavy atom. The summed E-state index contributed by atoms with van der Waals surface area (Å²) >= 11 is 0. The molecule has 10 heteroatoms. The zero-order valence-electron chi connectivity index (χ0n) is 21.2. The number of hydrogen-bond donors (Lipinski definition) is 0. The first-order valence-corrected chi connectivity index (χ1v) is 11.7. The maximum absolute atomic E-state index is 13.4. The molecule has 0 radical (unpaired) electrons. The fourth-order valence-corrected chi connectivity index (χ4v) is 4.14. The van der Waals surface area contributed by atoms with Crippen LogP contribution in [0.4, 0.5) is 0 Å². The van der Waals surface area contributed by atoms with Crippen molar-refractivity contribution in [2.45, 2.75) is 40.3 Å². The van der Waals surface area contributed by atoms with Crippen molar-refractivity contribution in [3.05, 3.63) is 35.9 Å². The van der Waals surface area contributed by atoms with Gasteiger partial charge in [0.05, 0.1) is 21.3 Å². The number of carbonyl (C=O) groups excluding carboxylic acids is 1. The molecule has 34 heavy (non-hydrogen) atoms. The van der Waals surface area contributed by atoms with Crippen LogP contribution in [0.15, 0.2) is 30.3 Å². The Bertz CT molecular complexity index is 899. The Balaban J connectivity index is 0.00000578. The van der Waals surface area contributed by atoms with Crippen LogP contribution in [0.3, 0.4) is 0 Å². The third-order valence-corrected chi connectivity index (χ3v) is 5.70. The minimum atomic E-state index is -0.502. The summed E-state index contributed by atoms with van der Waals surface area (Å²) in [5, 5.41) is 0.697. The van der Waals surface area contributed by atoms with Crippen LogP contribution in [-0.2, 0) is 9.47 Å². The molecule has 0 saturated heterocycles. The number of methoxy groups -OCH3 is 3. The molecule has 2 aromatic carbocycles. The molecule has 0 spiro atoms. The van der Waals surface area contributed by atoms with Gasteiger partial charge in [-0.1, -0.05) is 0 Å². The van der Waals surface area contributed by atoms with Gasteiger partial charge in [-0.05, 0) is 48.4 Å². The quantitative estimate of drug-likeness (QED) is 0.225. The fourth-order valence-electron chi connectivity index (χ4n) is 3.10. The molecule has 0 heterocycles. The zero-order chi connectivity index (χ0) is 24.4. The second-order valence-corrected chi connectivity index (χ2v) is 8.04. The molecular weight excluding hydrogens is 454 g/mol. The molecule has 0 aliphatic carbocycles. The molecule has 3 unspecified atom stereocenters. The van der Waals surface area contributed by atoms with Crippen molar-refractivity contribution in [2.75, 3.05) is 34.5 Å². The van der Waals surface area contributed by atoms with E-state index in [9.17, 15) is 4.79 Å². The van der Waals surface area contributed by atoms with Crippen molar-refractivity contribution in [3.63, 3.8) is 0 Å². The summed E-state index contributed by atoms with van der Waals surface area (Å²) in [7, 11) is 4.27. The third kappa shape index (κ3) is 8.37. The largest absolute Gasteiger partial charge is 1.00 e. The molecule has 0 bridgehead atoms. The monoisotopic (exact) mass is 487 g/mol. The fraction of sp³-hybridized carbons (Fsp3) is 0.458. The van der Waals surface area contributed by atoms with Gasteiger partial charge in [0.25, 0.3) is 0 Å². The van der Waals surface area contributed by atoms with Gasteiger partial charge in [0.15, 0.2) is 18.1 Å². The van der Waals surface area contributed by atoms with E-state index in [-0.39, 0.29) is 33.0 Å². The van der Waals surface area contributed by atoms with Crippen LogP contribution in [0.2, 0.25) is 0 Å². The molecule has 3 atom stereocenters. The maximum Gasteiger partial charge on any atom is 1.00 e. The standard InChI is InChI=1S/C24H33O8P.Li/c1-8-29-15(3)31-17-10-11-22(19(12-17)32-16(4)30-9-2)33-24(25)23-20(27-6)13-18(26-5)14-21(23)28-7;/h10-16,33H,8-9H2,1-7H3;/q;+1. The first-order chi connectivity index (χ1) is 15.9. The Kier molecular flexibility index (Phi) is 13.4. The maximum atomic E-state index is 13.4. The Morgan fingerprint density at radius 2 is 1.32 bits per heavy atom. The summed E-state index contributed by atoms with van der Waals surface area (Å²) < 4.78 is 38.9. The number of carbonyl (C=O) groups is 1. The van der Waals surface area contributed by atoms with Gasteiger partial charge in [-0.25, -0.2) is 0 Å². The van der Waals surface area contributed by atoms with Gasteiger partial charge in [-0.15, -0.1) is 0 Å². The minimum absolute atomic E-state index is 0. The van der Waals surface area contributed by atoms with Crippen LogP contribution >= 0.6 is 8.58 Å². The Labute approximate surface area is 215 Å². The minimum Gasteiger partial charge on any atom is -0.496 e. The number of benzene rings is 2. The van der Waals surface area contributed by atoms with Crippen molar-refractivity contribution in [1.82, 2.24) is 0 Å². The predicted octanol–water partition coefficient (Wildman–Crippen LogP) is 1.38. The number of hydrogen-bond acceptors (Lipinski definition) is 8. The predicted molar refractivity (Wildman–Crippen MR) is 128 cm³/mol. The van der Waals surface area contributed by atoms with Gasteiger partial charge in [-0.2, -0.15) is 0 Å². The molecule has 182 valence electrons. The van der Waals surface area contributed by atoms with Gasteiger partial charge in [0, 0.05) is 36.7 Å². The van der Waals surface area contributed by atoms with Crippen LogP contribution in [0.5, 0.6) is 28.7 Å². The first kappa shape index (κ1) is 30.1. The molecule has 0 fully saturated rings. The summed E-state index contributed by atoms with van der Waals surface area (Å²) in [6.07, 6.45) is -0.923. The van der Waals surface area contributed by atoms with Crippen molar-refractivity contribution in [3.8, 4) is 28.7 Å². The van der Waals surface area contributed by atoms with E-state index in [2.05, 4.69) is 0 Å². The third-order valence-electron chi connectivity index (χ3n) is 4.54. The number of rotatable bonds is 14. The summed E-state index contributed by atoms with van der Waals surface area (Å²) in [6, 6.07) is 8.64. The molecular formula is C24H33LiO8P+. The van der Waals surface area contributed by atoms with Crippen LogP contribution in [0, 0.1) is 0 Å². The van der Waals surface area contributed by atoms with Crippen molar-refractivity contribution in [1.29, 1.82) is 0 Å². The zero-order valence-corrected chi connectivity index (χ0v) is 22.2. The van der Waals surface area contributed by atoms with E-state index >= 15 is 0 Å². The van der Waals surface area contributed by atoms with Gasteiger partial charge in [0.2, 0.25) is 0 Å². The van der Waals surface area contributed by atoms with E-state index in [0.717, 1.165) is 0 Å². The first-order valence-electron chi connectivity index (χ1n) is 10.7. The Hall–Kier alpha value is -1.94. The van der Waals surface area contributed by atoms with Gasteiger partial charge in [-0.3, -0.25) is 4.79 Å². The van der Waals surface area contributed by atoms with E-state index in [1.807, 2.05) is 20.8 Å². The van der Waals surface area contributed by atoms with Crippen molar-refractivity contribution < 1.29 is 56.8 Å². The molecule has 0 aromatic heterocycles. The van der Waals surface area contributed by atoms with E-state index in [1.54, 1.807) is 37.3 Å². The SMILES string of the molecule is CCOC(C)Oc1ccc(PC(=O)c2c(OC)cc(OC)cc2OC)c(OC(C)OCC)c1.[Li+]. The van der Waals surface area contributed by atoms with Gasteiger partial charge in [0.1, 0.15) is 34.3 Å². The van der Waals surface area contributed by atoms with E-state index in [4.69, 9.17) is 33.2 Å². The summed E-state index contributed by atoms with van der Waals surface area (Å²) in [6.45, 7) is 8.42. The smallest absolute Gasteiger partial charge is 0.496 e. The molecule has 8 nitrogen and oxygen atoms in total. The van der Waals surface area contributed by atoms with Gasteiger partial charge >= 0.3 is 18.9 Å². The summed E-state index contributed by atoms with van der Waals surface area (Å²) in [4.78, 5) is 13.4. The summed E-state index contributed by atoms with van der Waals surface area (Å²) in [5.41, 5.74) is 0.171.